The normalized spacial score (nSPS) is 11.6. The average Bonchev–Trinajstić information content (AvgIpc) is 2.57. The Kier molecular flexibility index (Phi) is 8.53. The van der Waals surface area contributed by atoms with E-state index in [0.717, 1.165) is 0 Å². The Morgan fingerprint density at radius 3 is 1.14 bits per heavy atom. The molecule has 28 heavy (non-hydrogen) atoms. The summed E-state index contributed by atoms with van der Waals surface area (Å²) in [6.07, 6.45) is -1.33. The summed E-state index contributed by atoms with van der Waals surface area (Å²) < 4.78 is 8.66. The maximum Gasteiger partial charge on any atom is 0.555 e. The second-order valence-electron chi connectivity index (χ2n) is 4.98. The van der Waals surface area contributed by atoms with Gasteiger partial charge in [-0.1, -0.05) is 12.2 Å². The summed E-state index contributed by atoms with van der Waals surface area (Å²) in [7, 11) is 0. The Hall–Kier alpha value is -3.72. The van der Waals surface area contributed by atoms with Gasteiger partial charge in [0.1, 0.15) is 32.5 Å². The van der Waals surface area contributed by atoms with E-state index >= 15 is 0 Å². The lowest BCUT2D eigenvalue weighted by atomic mass is 10.0. The van der Waals surface area contributed by atoms with Gasteiger partial charge in [-0.2, -0.15) is 0 Å². The molecule has 156 valence electrons. The highest BCUT2D eigenvalue weighted by Crippen LogP contribution is 2.23. The zero-order valence-electron chi connectivity index (χ0n) is 14.7. The van der Waals surface area contributed by atoms with Gasteiger partial charge in [-0.25, -0.2) is 9.59 Å². The molecule has 0 aromatic heterocycles. The lowest BCUT2D eigenvalue weighted by Gasteiger charge is -2.15. The van der Waals surface area contributed by atoms with Crippen LogP contribution in [0.2, 0.25) is 0 Å². The Balaban J connectivity index is 5.84. The van der Waals surface area contributed by atoms with E-state index in [9.17, 15) is 50.0 Å². The molecular weight excluding hydrogens is 392 g/mol. The molecule has 0 rings (SSSR count). The van der Waals surface area contributed by atoms with Crippen molar-refractivity contribution >= 4 is 11.9 Å². The summed E-state index contributed by atoms with van der Waals surface area (Å²) in [4.78, 5) is 61.8. The van der Waals surface area contributed by atoms with Crippen LogP contribution in [0.25, 0.3) is 0 Å². The Morgan fingerprint density at radius 2 is 0.964 bits per heavy atom. The molecule has 0 aliphatic carbocycles. The van der Waals surface area contributed by atoms with Crippen molar-refractivity contribution in [2.75, 3.05) is 13.2 Å². The van der Waals surface area contributed by atoms with Crippen LogP contribution in [-0.2, 0) is 19.1 Å². The number of rotatable bonds is 12. The minimum Gasteiger partial charge on any atom is -0.455 e. The number of nitro groups is 4. The van der Waals surface area contributed by atoms with E-state index in [2.05, 4.69) is 9.47 Å². The second kappa shape index (κ2) is 9.83. The van der Waals surface area contributed by atoms with Crippen molar-refractivity contribution in [3.63, 3.8) is 0 Å². The lowest BCUT2D eigenvalue weighted by Crippen LogP contribution is -2.54. The second-order valence-corrected chi connectivity index (χ2v) is 4.98. The molecule has 0 fully saturated rings. The van der Waals surface area contributed by atoms with Crippen LogP contribution in [-0.4, -0.2) is 56.2 Å². The molecule has 0 aromatic rings. The third-order valence-electron chi connectivity index (χ3n) is 3.38. The fourth-order valence-corrected chi connectivity index (χ4v) is 1.88. The van der Waals surface area contributed by atoms with E-state index in [0.29, 0.717) is 12.2 Å². The third-order valence-corrected chi connectivity index (χ3v) is 3.38. The van der Waals surface area contributed by atoms with Crippen LogP contribution in [0, 0.1) is 40.5 Å². The monoisotopic (exact) mass is 408 g/mol. The van der Waals surface area contributed by atoms with Gasteiger partial charge in [-0.15, -0.1) is 0 Å². The topological polar surface area (TPSA) is 225 Å². The van der Waals surface area contributed by atoms with Crippen molar-refractivity contribution in [3.8, 4) is 0 Å². The molecular formula is C12H16N4O12. The number of esters is 2. The van der Waals surface area contributed by atoms with Crippen LogP contribution in [0.4, 0.5) is 0 Å². The molecule has 0 atom stereocenters. The predicted molar refractivity (Wildman–Crippen MR) is 85.1 cm³/mol. The van der Waals surface area contributed by atoms with Gasteiger partial charge >= 0.3 is 23.3 Å². The first-order chi connectivity index (χ1) is 12.9. The molecule has 0 amide bonds. The van der Waals surface area contributed by atoms with Crippen LogP contribution in [0.3, 0.4) is 0 Å². The molecule has 0 aliphatic heterocycles. The molecule has 0 saturated heterocycles. The molecule has 0 bridgehead atoms. The molecule has 0 heterocycles. The van der Waals surface area contributed by atoms with Crippen molar-refractivity contribution < 1.29 is 38.8 Å². The van der Waals surface area contributed by atoms with E-state index in [-0.39, 0.29) is 0 Å². The van der Waals surface area contributed by atoms with Gasteiger partial charge in [0.15, 0.2) is 0 Å². The first-order valence-corrected chi connectivity index (χ1v) is 7.52. The molecule has 0 spiro atoms. The van der Waals surface area contributed by atoms with E-state index in [1.807, 2.05) is 0 Å². The molecule has 0 N–H and O–H groups in total. The molecule has 0 aromatic carbocycles. The highest BCUT2D eigenvalue weighted by molar-refractivity contribution is 5.78. The summed E-state index contributed by atoms with van der Waals surface area (Å²) in [6, 6.07) is 0. The third kappa shape index (κ3) is 4.51. The fourth-order valence-electron chi connectivity index (χ4n) is 1.88. The first-order valence-electron chi connectivity index (χ1n) is 7.52. The van der Waals surface area contributed by atoms with Crippen LogP contribution >= 0.6 is 0 Å². The summed E-state index contributed by atoms with van der Waals surface area (Å²) in [5.74, 6) is -3.59. The van der Waals surface area contributed by atoms with Crippen LogP contribution in [0.15, 0.2) is 12.2 Å². The zero-order valence-corrected chi connectivity index (χ0v) is 14.7. The fraction of sp³-hybridized carbons (Fsp3) is 0.667. The van der Waals surface area contributed by atoms with Gasteiger partial charge in [0.25, 0.3) is 0 Å². The molecule has 16 nitrogen and oxygen atoms in total. The molecule has 0 radical (unpaired) electrons. The number of hydrogen-bond acceptors (Lipinski definition) is 12. The highest BCUT2D eigenvalue weighted by Gasteiger charge is 2.66. The Bertz CT molecular complexity index is 617. The van der Waals surface area contributed by atoms with E-state index in [1.54, 1.807) is 0 Å². The summed E-state index contributed by atoms with van der Waals surface area (Å²) >= 11 is 0. The van der Waals surface area contributed by atoms with Crippen molar-refractivity contribution in [2.45, 2.75) is 38.0 Å². The molecule has 16 heteroatoms. The summed E-state index contributed by atoms with van der Waals surface area (Å²) in [5.41, 5.74) is -6.91. The van der Waals surface area contributed by atoms with Crippen LogP contribution < -0.4 is 0 Å². The van der Waals surface area contributed by atoms with Gasteiger partial charge < -0.3 is 9.47 Å². The van der Waals surface area contributed by atoms with Crippen molar-refractivity contribution in [2.24, 2.45) is 0 Å². The largest absolute Gasteiger partial charge is 0.555 e. The van der Waals surface area contributed by atoms with E-state index < -0.39 is 69.0 Å². The van der Waals surface area contributed by atoms with E-state index in [1.165, 1.54) is 13.8 Å². The van der Waals surface area contributed by atoms with Gasteiger partial charge in [0.05, 0.1) is 13.2 Å². The lowest BCUT2D eigenvalue weighted by molar-refractivity contribution is -0.778. The first kappa shape index (κ1) is 24.3. The van der Waals surface area contributed by atoms with Crippen LogP contribution in [0.1, 0.15) is 26.7 Å². The SMILES string of the molecule is CCOC(=O)C(CC=CCC(C(=O)OCC)([N+](=O)[O-])[N+](=O)[O-])([N+](=O)[O-])[N+](=O)[O-]. The zero-order chi connectivity index (χ0) is 22.1. The minimum absolute atomic E-state index is 0.402. The van der Waals surface area contributed by atoms with Crippen molar-refractivity contribution in [1.29, 1.82) is 0 Å². The predicted octanol–water partition coefficient (Wildman–Crippen LogP) is -0.0516. The molecule has 0 aliphatic rings. The van der Waals surface area contributed by atoms with E-state index in [4.69, 9.17) is 0 Å². The quantitative estimate of drug-likeness (QED) is 0.136. The Morgan fingerprint density at radius 1 is 0.714 bits per heavy atom. The number of ether oxygens (including phenoxy) is 2. The molecule has 0 unspecified atom stereocenters. The standard InChI is InChI=1S/C12H16N4O12/c1-3-27-9(17)11(13(19)20,14(21)22)7-5-6-8-12(15(23)24,16(25)26)10(18)28-4-2/h5-6H,3-4,7-8H2,1-2H3. The Labute approximate surface area is 155 Å². The number of carbonyl (C=O) groups excluding carboxylic acids is 2. The number of nitrogens with zero attached hydrogens (tertiary/aromatic N) is 4. The van der Waals surface area contributed by atoms with Gasteiger partial charge in [0.2, 0.25) is 0 Å². The maximum absolute atomic E-state index is 11.7. The average molecular weight is 408 g/mol. The van der Waals surface area contributed by atoms with Crippen LogP contribution in [0.5, 0.6) is 0 Å². The van der Waals surface area contributed by atoms with Gasteiger partial charge in [0, 0.05) is 0 Å². The summed E-state index contributed by atoms with van der Waals surface area (Å²) in [5, 5.41) is 44.5. The number of carbonyl (C=O) groups is 2. The number of hydrogen-bond donors (Lipinski definition) is 0. The molecule has 0 saturated carbocycles. The maximum atomic E-state index is 11.7. The van der Waals surface area contributed by atoms with Gasteiger partial charge in [-0.3, -0.25) is 40.5 Å². The van der Waals surface area contributed by atoms with Crippen molar-refractivity contribution in [3.05, 3.63) is 52.6 Å². The summed E-state index contributed by atoms with van der Waals surface area (Å²) in [6.45, 7) is 1.70. The van der Waals surface area contributed by atoms with Gasteiger partial charge in [-0.05, 0) is 13.8 Å². The minimum atomic E-state index is -3.46. The smallest absolute Gasteiger partial charge is 0.455 e. The highest BCUT2D eigenvalue weighted by atomic mass is 16.7. The van der Waals surface area contributed by atoms with Crippen molar-refractivity contribution in [1.82, 2.24) is 0 Å².